The van der Waals surface area contributed by atoms with Crippen LogP contribution in [0.1, 0.15) is 37.5 Å². The first-order valence-corrected chi connectivity index (χ1v) is 5.59. The maximum absolute atomic E-state index is 5.92. The van der Waals surface area contributed by atoms with Crippen LogP contribution in [0.3, 0.4) is 0 Å². The molecule has 0 saturated carbocycles. The summed E-state index contributed by atoms with van der Waals surface area (Å²) in [5.74, 6) is 0. The van der Waals surface area contributed by atoms with Gasteiger partial charge >= 0.3 is 0 Å². The summed E-state index contributed by atoms with van der Waals surface area (Å²) in [6.45, 7) is 6.94. The highest BCUT2D eigenvalue weighted by molar-refractivity contribution is 5.24. The minimum absolute atomic E-state index is 0.0190. The number of hydrogen-bond acceptors (Lipinski definition) is 2. The van der Waals surface area contributed by atoms with E-state index in [4.69, 9.17) is 10.5 Å². The Kier molecular flexibility index (Phi) is 4.79. The number of rotatable bonds is 5. The summed E-state index contributed by atoms with van der Waals surface area (Å²) in [7, 11) is 0. The van der Waals surface area contributed by atoms with Crippen molar-refractivity contribution in [1.82, 2.24) is 0 Å². The zero-order valence-corrected chi connectivity index (χ0v) is 9.86. The Labute approximate surface area is 92.4 Å². The third kappa shape index (κ3) is 3.65. The molecular weight excluding hydrogens is 186 g/mol. The minimum atomic E-state index is 0.0190. The van der Waals surface area contributed by atoms with Gasteiger partial charge in [0.2, 0.25) is 0 Å². The molecule has 0 spiro atoms. The molecule has 1 aromatic carbocycles. The first kappa shape index (κ1) is 12.2. The summed E-state index contributed by atoms with van der Waals surface area (Å²) in [5, 5.41) is 0. The van der Waals surface area contributed by atoms with Crippen LogP contribution >= 0.6 is 0 Å². The van der Waals surface area contributed by atoms with E-state index < -0.39 is 0 Å². The van der Waals surface area contributed by atoms with Crippen LogP contribution in [-0.2, 0) is 4.74 Å². The Bertz CT molecular complexity index is 279. The molecule has 2 N–H and O–H groups in total. The Balaban J connectivity index is 2.74. The van der Waals surface area contributed by atoms with Crippen molar-refractivity contribution in [3.8, 4) is 0 Å². The van der Waals surface area contributed by atoms with Crippen LogP contribution in [0.4, 0.5) is 0 Å². The average molecular weight is 207 g/mol. The van der Waals surface area contributed by atoms with E-state index >= 15 is 0 Å². The normalized spacial score (nSPS) is 14.9. The van der Waals surface area contributed by atoms with E-state index in [0.29, 0.717) is 0 Å². The number of ether oxygens (including phenoxy) is 1. The van der Waals surface area contributed by atoms with E-state index in [1.165, 1.54) is 11.1 Å². The largest absolute Gasteiger partial charge is 0.372 e. The highest BCUT2D eigenvalue weighted by atomic mass is 16.5. The van der Waals surface area contributed by atoms with E-state index in [0.717, 1.165) is 13.0 Å². The van der Waals surface area contributed by atoms with E-state index in [1.54, 1.807) is 0 Å². The maximum atomic E-state index is 5.92. The molecular formula is C13H21NO. The van der Waals surface area contributed by atoms with Gasteiger partial charge in [-0.2, -0.15) is 0 Å². The molecule has 0 heterocycles. The Morgan fingerprint density at radius 2 is 1.87 bits per heavy atom. The molecule has 1 aromatic rings. The number of benzene rings is 1. The lowest BCUT2D eigenvalue weighted by molar-refractivity contribution is 0.0387. The molecule has 2 atom stereocenters. The van der Waals surface area contributed by atoms with Gasteiger partial charge in [-0.1, -0.05) is 36.8 Å². The smallest absolute Gasteiger partial charge is 0.0972 e. The summed E-state index contributed by atoms with van der Waals surface area (Å²) in [6.07, 6.45) is 1.04. The molecule has 0 aliphatic carbocycles. The van der Waals surface area contributed by atoms with Gasteiger partial charge in [0.15, 0.2) is 0 Å². The van der Waals surface area contributed by atoms with Crippen molar-refractivity contribution in [2.24, 2.45) is 5.73 Å². The Morgan fingerprint density at radius 1 is 1.27 bits per heavy atom. The van der Waals surface area contributed by atoms with Crippen LogP contribution in [0, 0.1) is 6.92 Å². The van der Waals surface area contributed by atoms with Crippen LogP contribution in [0.15, 0.2) is 24.3 Å². The fourth-order valence-electron chi connectivity index (χ4n) is 1.55. The Morgan fingerprint density at radius 3 is 2.33 bits per heavy atom. The molecule has 2 heteroatoms. The minimum Gasteiger partial charge on any atom is -0.372 e. The molecule has 0 bridgehead atoms. The first-order valence-electron chi connectivity index (χ1n) is 5.59. The predicted octanol–water partition coefficient (Wildman–Crippen LogP) is 2.81. The van der Waals surface area contributed by atoms with Gasteiger partial charge in [-0.3, -0.25) is 0 Å². The van der Waals surface area contributed by atoms with Crippen molar-refractivity contribution >= 4 is 0 Å². The van der Waals surface area contributed by atoms with Gasteiger partial charge in [-0.05, 0) is 25.8 Å². The summed E-state index contributed by atoms with van der Waals surface area (Å²) < 4.78 is 5.75. The summed E-state index contributed by atoms with van der Waals surface area (Å²) in [4.78, 5) is 0. The lowest BCUT2D eigenvalue weighted by Crippen LogP contribution is -2.27. The van der Waals surface area contributed by atoms with Crippen LogP contribution in [0.2, 0.25) is 0 Å². The van der Waals surface area contributed by atoms with Crippen molar-refractivity contribution in [3.63, 3.8) is 0 Å². The van der Waals surface area contributed by atoms with Crippen molar-refractivity contribution in [2.75, 3.05) is 6.61 Å². The maximum Gasteiger partial charge on any atom is 0.0972 e. The second-order valence-corrected chi connectivity index (χ2v) is 4.06. The molecule has 0 saturated heterocycles. The second kappa shape index (κ2) is 5.89. The third-order valence-electron chi connectivity index (χ3n) is 2.38. The topological polar surface area (TPSA) is 35.2 Å². The molecule has 15 heavy (non-hydrogen) atoms. The molecule has 84 valence electrons. The first-order chi connectivity index (χ1) is 7.15. The predicted molar refractivity (Wildman–Crippen MR) is 63.8 cm³/mol. The second-order valence-electron chi connectivity index (χ2n) is 4.06. The monoisotopic (exact) mass is 207 g/mol. The lowest BCUT2D eigenvalue weighted by Gasteiger charge is -2.21. The van der Waals surface area contributed by atoms with Gasteiger partial charge in [0.1, 0.15) is 0 Å². The lowest BCUT2D eigenvalue weighted by atomic mass is 10.0. The summed E-state index contributed by atoms with van der Waals surface area (Å²) >= 11 is 0. The summed E-state index contributed by atoms with van der Waals surface area (Å²) in [6, 6.07) is 8.41. The SMILES string of the molecule is CCCOC(c1ccc(C)cc1)C(C)N. The zero-order valence-electron chi connectivity index (χ0n) is 9.86. The van der Waals surface area contributed by atoms with E-state index in [2.05, 4.69) is 38.1 Å². The number of hydrogen-bond donors (Lipinski definition) is 1. The van der Waals surface area contributed by atoms with Crippen LogP contribution < -0.4 is 5.73 Å². The van der Waals surface area contributed by atoms with E-state index in [-0.39, 0.29) is 12.1 Å². The highest BCUT2D eigenvalue weighted by Crippen LogP contribution is 2.20. The van der Waals surface area contributed by atoms with Gasteiger partial charge in [0.05, 0.1) is 6.10 Å². The fraction of sp³-hybridized carbons (Fsp3) is 0.538. The molecule has 1 rings (SSSR count). The third-order valence-corrected chi connectivity index (χ3v) is 2.38. The van der Waals surface area contributed by atoms with Crippen molar-refractivity contribution in [3.05, 3.63) is 35.4 Å². The van der Waals surface area contributed by atoms with Gasteiger partial charge in [-0.25, -0.2) is 0 Å². The standard InChI is InChI=1S/C13H21NO/c1-4-9-15-13(11(3)14)12-7-5-10(2)6-8-12/h5-8,11,13H,4,9,14H2,1-3H3. The van der Waals surface area contributed by atoms with Gasteiger partial charge in [0.25, 0.3) is 0 Å². The summed E-state index contributed by atoms with van der Waals surface area (Å²) in [5.41, 5.74) is 8.35. The zero-order chi connectivity index (χ0) is 11.3. The van der Waals surface area contributed by atoms with Crippen molar-refractivity contribution in [1.29, 1.82) is 0 Å². The van der Waals surface area contributed by atoms with Crippen LogP contribution in [-0.4, -0.2) is 12.6 Å². The quantitative estimate of drug-likeness (QED) is 0.805. The van der Waals surface area contributed by atoms with Gasteiger partial charge in [0, 0.05) is 12.6 Å². The molecule has 0 radical (unpaired) electrons. The number of nitrogens with two attached hydrogens (primary N) is 1. The molecule has 0 amide bonds. The molecule has 0 aliphatic heterocycles. The van der Waals surface area contributed by atoms with E-state index in [1.807, 2.05) is 6.92 Å². The fourth-order valence-corrected chi connectivity index (χ4v) is 1.55. The van der Waals surface area contributed by atoms with Gasteiger partial charge in [-0.15, -0.1) is 0 Å². The Hall–Kier alpha value is -0.860. The van der Waals surface area contributed by atoms with Crippen LogP contribution in [0.5, 0.6) is 0 Å². The van der Waals surface area contributed by atoms with Crippen LogP contribution in [0.25, 0.3) is 0 Å². The molecule has 2 nitrogen and oxygen atoms in total. The highest BCUT2D eigenvalue weighted by Gasteiger charge is 2.15. The average Bonchev–Trinajstić information content (AvgIpc) is 2.21. The number of aryl methyl sites for hydroxylation is 1. The van der Waals surface area contributed by atoms with Gasteiger partial charge < -0.3 is 10.5 Å². The molecule has 0 aliphatic rings. The molecule has 0 aromatic heterocycles. The molecule has 0 fully saturated rings. The van der Waals surface area contributed by atoms with Crippen molar-refractivity contribution < 1.29 is 4.74 Å². The van der Waals surface area contributed by atoms with Crippen molar-refractivity contribution in [2.45, 2.75) is 39.3 Å². The molecule has 2 unspecified atom stereocenters. The van der Waals surface area contributed by atoms with E-state index in [9.17, 15) is 0 Å².